The number of ether oxygens (including phenoxy) is 1. The van der Waals surface area contributed by atoms with E-state index in [-0.39, 0.29) is 0 Å². The van der Waals surface area contributed by atoms with Crippen LogP contribution in [-0.4, -0.2) is 32.1 Å². The summed E-state index contributed by atoms with van der Waals surface area (Å²) in [4.78, 5) is 2.39. The van der Waals surface area contributed by atoms with E-state index in [1.807, 2.05) is 12.1 Å². The first-order valence-corrected chi connectivity index (χ1v) is 6.70. The van der Waals surface area contributed by atoms with Crippen molar-refractivity contribution in [2.24, 2.45) is 11.1 Å². The van der Waals surface area contributed by atoms with E-state index in [9.17, 15) is 0 Å². The molecule has 1 aliphatic carbocycles. The lowest BCUT2D eigenvalue weighted by molar-refractivity contribution is 0.245. The molecule has 1 aromatic carbocycles. The maximum atomic E-state index is 5.69. The van der Waals surface area contributed by atoms with Gasteiger partial charge in [0.05, 0.1) is 7.11 Å². The fourth-order valence-electron chi connectivity index (χ4n) is 2.72. The summed E-state index contributed by atoms with van der Waals surface area (Å²) in [6, 6.07) is 8.24. The van der Waals surface area contributed by atoms with E-state index in [0.29, 0.717) is 5.41 Å². The van der Waals surface area contributed by atoms with Gasteiger partial charge in [0.1, 0.15) is 5.75 Å². The smallest absolute Gasteiger partial charge is 0.123 e. The van der Waals surface area contributed by atoms with Crippen LogP contribution in [0, 0.1) is 5.41 Å². The van der Waals surface area contributed by atoms with Crippen molar-refractivity contribution in [1.29, 1.82) is 0 Å². The molecule has 0 aliphatic heterocycles. The van der Waals surface area contributed by atoms with Crippen molar-refractivity contribution in [3.8, 4) is 5.75 Å². The molecule has 0 aromatic heterocycles. The minimum Gasteiger partial charge on any atom is -0.496 e. The van der Waals surface area contributed by atoms with Gasteiger partial charge in [-0.1, -0.05) is 18.2 Å². The molecule has 0 amide bonds. The standard InChI is InChI=1S/C15H24N2O/c1-17(12-15(7-8-15)9-10-16)11-13-5-3-4-6-14(13)18-2/h3-6H,7-12,16H2,1-2H3. The molecule has 0 unspecified atom stereocenters. The van der Waals surface area contributed by atoms with Crippen LogP contribution in [0.15, 0.2) is 24.3 Å². The molecule has 1 aliphatic rings. The van der Waals surface area contributed by atoms with Crippen LogP contribution in [-0.2, 0) is 6.54 Å². The molecule has 0 atom stereocenters. The number of nitrogens with two attached hydrogens (primary N) is 1. The van der Waals surface area contributed by atoms with Gasteiger partial charge < -0.3 is 15.4 Å². The third-order valence-electron chi connectivity index (χ3n) is 3.87. The minimum atomic E-state index is 0.505. The fraction of sp³-hybridized carbons (Fsp3) is 0.600. The first kappa shape index (κ1) is 13.4. The molecule has 0 spiro atoms. The van der Waals surface area contributed by atoms with Crippen LogP contribution >= 0.6 is 0 Å². The third-order valence-corrected chi connectivity index (χ3v) is 3.87. The van der Waals surface area contributed by atoms with E-state index in [0.717, 1.165) is 31.8 Å². The molecule has 18 heavy (non-hydrogen) atoms. The van der Waals surface area contributed by atoms with Crippen LogP contribution < -0.4 is 10.5 Å². The van der Waals surface area contributed by atoms with Crippen molar-refractivity contribution < 1.29 is 4.74 Å². The van der Waals surface area contributed by atoms with E-state index in [1.54, 1.807) is 7.11 Å². The Balaban J connectivity index is 1.93. The molecule has 2 N–H and O–H groups in total. The molecule has 3 heteroatoms. The highest BCUT2D eigenvalue weighted by Gasteiger charge is 2.42. The number of methoxy groups -OCH3 is 1. The van der Waals surface area contributed by atoms with Gasteiger partial charge in [0.25, 0.3) is 0 Å². The lowest BCUT2D eigenvalue weighted by atomic mass is 10.0. The molecule has 3 nitrogen and oxygen atoms in total. The van der Waals surface area contributed by atoms with E-state index in [2.05, 4.69) is 24.1 Å². The Labute approximate surface area is 110 Å². The summed E-state index contributed by atoms with van der Waals surface area (Å²) < 4.78 is 5.39. The molecular weight excluding hydrogens is 224 g/mol. The van der Waals surface area contributed by atoms with Gasteiger partial charge in [-0.05, 0) is 44.3 Å². The lowest BCUT2D eigenvalue weighted by Gasteiger charge is -2.24. The summed E-state index contributed by atoms with van der Waals surface area (Å²) in [7, 11) is 3.92. The highest BCUT2D eigenvalue weighted by molar-refractivity contribution is 5.33. The summed E-state index contributed by atoms with van der Waals surface area (Å²) >= 11 is 0. The summed E-state index contributed by atoms with van der Waals surface area (Å²) in [6.45, 7) is 2.89. The predicted molar refractivity (Wildman–Crippen MR) is 74.7 cm³/mol. The van der Waals surface area contributed by atoms with Crippen molar-refractivity contribution in [3.63, 3.8) is 0 Å². The van der Waals surface area contributed by atoms with Crippen LogP contribution in [0.25, 0.3) is 0 Å². The number of hydrogen-bond donors (Lipinski definition) is 1. The first-order chi connectivity index (χ1) is 8.69. The zero-order valence-electron chi connectivity index (χ0n) is 11.5. The van der Waals surface area contributed by atoms with Gasteiger partial charge in [0.15, 0.2) is 0 Å². The van der Waals surface area contributed by atoms with Crippen LogP contribution in [0.2, 0.25) is 0 Å². The summed E-state index contributed by atoms with van der Waals surface area (Å²) in [5, 5.41) is 0. The number of benzene rings is 1. The molecule has 1 aromatic rings. The Kier molecular flexibility index (Phi) is 4.25. The summed E-state index contributed by atoms with van der Waals surface area (Å²) in [5.74, 6) is 0.980. The third kappa shape index (κ3) is 3.24. The van der Waals surface area contributed by atoms with Crippen LogP contribution in [0.4, 0.5) is 0 Å². The first-order valence-electron chi connectivity index (χ1n) is 6.70. The van der Waals surface area contributed by atoms with Gasteiger partial charge in [-0.15, -0.1) is 0 Å². The number of para-hydroxylation sites is 1. The molecule has 0 bridgehead atoms. The monoisotopic (exact) mass is 248 g/mol. The molecule has 100 valence electrons. The van der Waals surface area contributed by atoms with E-state index < -0.39 is 0 Å². The Morgan fingerprint density at radius 1 is 1.33 bits per heavy atom. The average molecular weight is 248 g/mol. The quantitative estimate of drug-likeness (QED) is 0.804. The topological polar surface area (TPSA) is 38.5 Å². The molecule has 2 rings (SSSR count). The number of nitrogens with zero attached hydrogens (tertiary/aromatic N) is 1. The Morgan fingerprint density at radius 2 is 2.06 bits per heavy atom. The van der Waals surface area contributed by atoms with Crippen molar-refractivity contribution in [2.45, 2.75) is 25.8 Å². The second kappa shape index (κ2) is 5.72. The summed E-state index contributed by atoms with van der Waals surface area (Å²) in [5.41, 5.74) is 7.45. The zero-order chi connectivity index (χ0) is 13.0. The predicted octanol–water partition coefficient (Wildman–Crippen LogP) is 2.26. The molecule has 0 heterocycles. The van der Waals surface area contributed by atoms with Gasteiger partial charge >= 0.3 is 0 Å². The Morgan fingerprint density at radius 3 is 2.67 bits per heavy atom. The van der Waals surface area contributed by atoms with Crippen molar-refractivity contribution in [2.75, 3.05) is 27.2 Å². The van der Waals surface area contributed by atoms with Gasteiger partial charge in [-0.25, -0.2) is 0 Å². The molecular formula is C15H24N2O. The molecule has 1 fully saturated rings. The van der Waals surface area contributed by atoms with Gasteiger partial charge in [0, 0.05) is 18.7 Å². The molecule has 0 radical (unpaired) electrons. The second-order valence-corrected chi connectivity index (χ2v) is 5.52. The summed E-state index contributed by atoms with van der Waals surface area (Å²) in [6.07, 6.45) is 3.82. The maximum Gasteiger partial charge on any atom is 0.123 e. The lowest BCUT2D eigenvalue weighted by Crippen LogP contribution is -2.28. The zero-order valence-corrected chi connectivity index (χ0v) is 11.5. The molecule has 1 saturated carbocycles. The van der Waals surface area contributed by atoms with E-state index in [1.165, 1.54) is 18.4 Å². The van der Waals surface area contributed by atoms with Gasteiger partial charge in [-0.2, -0.15) is 0 Å². The van der Waals surface area contributed by atoms with Crippen LogP contribution in [0.5, 0.6) is 5.75 Å². The molecule has 0 saturated heterocycles. The second-order valence-electron chi connectivity index (χ2n) is 5.52. The van der Waals surface area contributed by atoms with Crippen molar-refractivity contribution >= 4 is 0 Å². The van der Waals surface area contributed by atoms with Crippen LogP contribution in [0.1, 0.15) is 24.8 Å². The Bertz CT molecular complexity index is 388. The number of rotatable bonds is 7. The SMILES string of the molecule is COc1ccccc1CN(C)CC1(CCN)CC1. The van der Waals surface area contributed by atoms with E-state index >= 15 is 0 Å². The highest BCUT2D eigenvalue weighted by atomic mass is 16.5. The fourth-order valence-corrected chi connectivity index (χ4v) is 2.72. The number of hydrogen-bond acceptors (Lipinski definition) is 3. The maximum absolute atomic E-state index is 5.69. The minimum absolute atomic E-state index is 0.505. The highest BCUT2D eigenvalue weighted by Crippen LogP contribution is 2.49. The van der Waals surface area contributed by atoms with Crippen molar-refractivity contribution in [1.82, 2.24) is 4.90 Å². The van der Waals surface area contributed by atoms with Gasteiger partial charge in [0.2, 0.25) is 0 Å². The van der Waals surface area contributed by atoms with Gasteiger partial charge in [-0.3, -0.25) is 0 Å². The largest absolute Gasteiger partial charge is 0.496 e. The average Bonchev–Trinajstić information content (AvgIpc) is 3.09. The van der Waals surface area contributed by atoms with Crippen molar-refractivity contribution in [3.05, 3.63) is 29.8 Å². The normalized spacial score (nSPS) is 16.9. The van der Waals surface area contributed by atoms with Crippen LogP contribution in [0.3, 0.4) is 0 Å². The van der Waals surface area contributed by atoms with E-state index in [4.69, 9.17) is 10.5 Å². The Hall–Kier alpha value is -1.06.